The third kappa shape index (κ3) is 5.40. The van der Waals surface area contributed by atoms with Crippen molar-refractivity contribution < 1.29 is 19.2 Å². The number of piperidine rings is 1. The highest BCUT2D eigenvalue weighted by atomic mass is 16.5. The van der Waals surface area contributed by atoms with E-state index in [-0.39, 0.29) is 34.5 Å². The number of hydrogen-bond acceptors (Lipinski definition) is 6. The molecule has 0 radical (unpaired) electrons. The molecule has 206 valence electrons. The van der Waals surface area contributed by atoms with Crippen LogP contribution < -0.4 is 5.32 Å². The van der Waals surface area contributed by atoms with E-state index in [1.807, 2.05) is 25.3 Å². The summed E-state index contributed by atoms with van der Waals surface area (Å²) < 4.78 is 5.30. The van der Waals surface area contributed by atoms with Crippen molar-refractivity contribution in [3.63, 3.8) is 0 Å². The van der Waals surface area contributed by atoms with Crippen molar-refractivity contribution in [3.8, 4) is 11.1 Å². The summed E-state index contributed by atoms with van der Waals surface area (Å²) in [7, 11) is 0. The van der Waals surface area contributed by atoms with Crippen LogP contribution in [0.25, 0.3) is 11.1 Å². The topological polar surface area (TPSA) is 121 Å². The van der Waals surface area contributed by atoms with Crippen molar-refractivity contribution in [3.05, 3.63) is 65.1 Å². The molecule has 2 N–H and O–H groups in total. The van der Waals surface area contributed by atoms with E-state index in [0.717, 1.165) is 53.5 Å². The molecule has 0 spiro atoms. The van der Waals surface area contributed by atoms with Crippen molar-refractivity contribution in [1.29, 1.82) is 0 Å². The molecule has 1 aliphatic carbocycles. The molecule has 1 aliphatic heterocycles. The summed E-state index contributed by atoms with van der Waals surface area (Å²) in [6.07, 6.45) is 6.53. The van der Waals surface area contributed by atoms with Crippen LogP contribution in [0.4, 0.5) is 4.79 Å². The number of rotatable bonds is 6. The van der Waals surface area contributed by atoms with E-state index in [1.165, 1.54) is 0 Å². The molecule has 2 unspecified atom stereocenters. The van der Waals surface area contributed by atoms with E-state index in [9.17, 15) is 14.7 Å². The number of aromatic nitrogens is 3. The largest absolute Gasteiger partial charge is 0.465 e. The monoisotopic (exact) mass is 531 g/mol. The van der Waals surface area contributed by atoms with Crippen LogP contribution in [0.3, 0.4) is 0 Å². The van der Waals surface area contributed by atoms with Crippen molar-refractivity contribution >= 4 is 12.0 Å². The predicted octanol–water partition coefficient (Wildman–Crippen LogP) is 5.69. The highest BCUT2D eigenvalue weighted by Crippen LogP contribution is 2.47. The Balaban J connectivity index is 1.36. The molecular formula is C30H37N5O4. The first kappa shape index (κ1) is 26.8. The molecule has 9 nitrogen and oxygen atoms in total. The lowest BCUT2D eigenvalue weighted by molar-refractivity contribution is 0.0457. The molecular weight excluding hydrogens is 494 g/mol. The average Bonchev–Trinajstić information content (AvgIpc) is 3.44. The molecule has 2 amide bonds. The van der Waals surface area contributed by atoms with Crippen LogP contribution in [0.15, 0.2) is 41.2 Å². The van der Waals surface area contributed by atoms with Crippen molar-refractivity contribution in [1.82, 2.24) is 25.3 Å². The Bertz CT molecular complexity index is 1390. The molecule has 5 rings (SSSR count). The Kier molecular flexibility index (Phi) is 6.95. The van der Waals surface area contributed by atoms with Gasteiger partial charge in [0.15, 0.2) is 0 Å². The number of nitrogens with one attached hydrogen (secondary N) is 1. The summed E-state index contributed by atoms with van der Waals surface area (Å²) in [5.74, 6) is 0.266. The maximum Gasteiger partial charge on any atom is 0.407 e. The smallest absolute Gasteiger partial charge is 0.407 e. The molecule has 1 saturated carbocycles. The fourth-order valence-corrected chi connectivity index (χ4v) is 5.85. The van der Waals surface area contributed by atoms with E-state index in [1.54, 1.807) is 11.1 Å². The highest BCUT2D eigenvalue weighted by molar-refractivity contribution is 5.90. The molecule has 2 aliphatic rings. The highest BCUT2D eigenvalue weighted by Gasteiger charge is 2.45. The van der Waals surface area contributed by atoms with Gasteiger partial charge in [0.1, 0.15) is 0 Å². The van der Waals surface area contributed by atoms with Gasteiger partial charge in [-0.05, 0) is 71.9 Å². The van der Waals surface area contributed by atoms with Gasteiger partial charge in [-0.1, -0.05) is 51.1 Å². The first-order chi connectivity index (χ1) is 18.5. The van der Waals surface area contributed by atoms with Crippen LogP contribution >= 0.6 is 0 Å². The molecule has 2 aromatic heterocycles. The standard InChI is InChI=1S/C30H37N5O4/c1-18-15-19(8-9-20(18)16-32-26(36)25-33-27(39-34-25)30(5)11-12-30)21-10-13-31-17-23(21)22-7-6-14-35(28(37)38)24(22)29(2,3)4/h8-10,13,15,17,22,24H,6-7,11-12,14,16H2,1-5H3,(H,32,36)(H,37,38). The van der Waals surface area contributed by atoms with Gasteiger partial charge in [-0.25, -0.2) is 4.79 Å². The number of carbonyl (C=O) groups excluding carboxylic acids is 1. The van der Waals surface area contributed by atoms with Crippen molar-refractivity contribution in [2.75, 3.05) is 6.54 Å². The maximum absolute atomic E-state index is 12.6. The minimum Gasteiger partial charge on any atom is -0.465 e. The Hall–Kier alpha value is -3.75. The number of carboxylic acid groups (broad SMARTS) is 1. The molecule has 2 fully saturated rings. The lowest BCUT2D eigenvalue weighted by Gasteiger charge is -2.47. The first-order valence-electron chi connectivity index (χ1n) is 13.6. The fraction of sp³-hybridized carbons (Fsp3) is 0.500. The normalized spacial score (nSPS) is 20.5. The van der Waals surface area contributed by atoms with Crippen molar-refractivity contribution in [2.45, 2.75) is 84.2 Å². The summed E-state index contributed by atoms with van der Waals surface area (Å²) in [6.45, 7) is 11.3. The number of pyridine rings is 1. The van der Waals surface area contributed by atoms with Crippen LogP contribution in [0.2, 0.25) is 0 Å². The van der Waals surface area contributed by atoms with Crippen molar-refractivity contribution in [2.24, 2.45) is 5.41 Å². The molecule has 0 bridgehead atoms. The maximum atomic E-state index is 12.6. The number of nitrogens with zero attached hydrogens (tertiary/aromatic N) is 4. The Morgan fingerprint density at radius 1 is 1.23 bits per heavy atom. The molecule has 1 aromatic carbocycles. The minimum absolute atomic E-state index is 0.0376. The number of likely N-dealkylation sites (tertiary alicyclic amines) is 1. The zero-order chi connectivity index (χ0) is 27.9. The summed E-state index contributed by atoms with van der Waals surface area (Å²) in [6, 6.07) is 8.05. The fourth-order valence-electron chi connectivity index (χ4n) is 5.85. The number of hydrogen-bond donors (Lipinski definition) is 2. The second kappa shape index (κ2) is 10.1. The minimum atomic E-state index is -0.869. The molecule has 1 saturated heterocycles. The van der Waals surface area contributed by atoms with E-state index in [2.05, 4.69) is 60.3 Å². The van der Waals surface area contributed by atoms with Crippen LogP contribution in [0.5, 0.6) is 0 Å². The van der Waals surface area contributed by atoms with Crippen LogP contribution in [0.1, 0.15) is 92.5 Å². The average molecular weight is 532 g/mol. The van der Waals surface area contributed by atoms with Gasteiger partial charge < -0.3 is 19.8 Å². The Morgan fingerprint density at radius 2 is 2.00 bits per heavy atom. The predicted molar refractivity (Wildman–Crippen MR) is 146 cm³/mol. The van der Waals surface area contributed by atoms with Crippen LogP contribution in [0, 0.1) is 12.3 Å². The summed E-state index contributed by atoms with van der Waals surface area (Å²) in [5.41, 5.74) is 4.88. The third-order valence-corrected chi connectivity index (χ3v) is 8.25. The third-order valence-electron chi connectivity index (χ3n) is 8.25. The van der Waals surface area contributed by atoms with Gasteiger partial charge in [-0.2, -0.15) is 4.98 Å². The van der Waals surface area contributed by atoms with Gasteiger partial charge >= 0.3 is 6.09 Å². The number of benzene rings is 1. The second-order valence-corrected chi connectivity index (χ2v) is 12.3. The summed E-state index contributed by atoms with van der Waals surface area (Å²) in [5, 5.41) is 16.7. The van der Waals surface area contributed by atoms with Gasteiger partial charge in [-0.15, -0.1) is 0 Å². The van der Waals surface area contributed by atoms with Crippen LogP contribution in [-0.2, 0) is 12.0 Å². The Morgan fingerprint density at radius 3 is 2.67 bits per heavy atom. The molecule has 2 atom stereocenters. The number of aryl methyl sites for hydroxylation is 1. The van der Waals surface area contributed by atoms with Gasteiger partial charge in [0, 0.05) is 42.9 Å². The lowest BCUT2D eigenvalue weighted by Crippen LogP contribution is -2.53. The van der Waals surface area contributed by atoms with Gasteiger partial charge in [0.2, 0.25) is 5.89 Å². The SMILES string of the molecule is Cc1cc(-c2ccncc2C2CCCN(C(=O)O)C2C(C)(C)C)ccc1CNC(=O)c1noc(C2(C)CC2)n1. The van der Waals surface area contributed by atoms with Crippen LogP contribution in [-0.4, -0.2) is 49.7 Å². The van der Waals surface area contributed by atoms with E-state index >= 15 is 0 Å². The quantitative estimate of drug-likeness (QED) is 0.419. The summed E-state index contributed by atoms with van der Waals surface area (Å²) in [4.78, 5) is 35.1. The Labute approximate surface area is 229 Å². The molecule has 3 heterocycles. The number of carbonyl (C=O) groups is 2. The van der Waals surface area contributed by atoms with E-state index in [4.69, 9.17) is 4.52 Å². The number of amides is 2. The van der Waals surface area contributed by atoms with E-state index in [0.29, 0.717) is 19.0 Å². The van der Waals surface area contributed by atoms with Gasteiger partial charge in [0.05, 0.1) is 0 Å². The second-order valence-electron chi connectivity index (χ2n) is 12.3. The molecule has 39 heavy (non-hydrogen) atoms. The molecule has 3 aromatic rings. The lowest BCUT2D eigenvalue weighted by atomic mass is 9.70. The zero-order valence-electron chi connectivity index (χ0n) is 23.3. The van der Waals surface area contributed by atoms with E-state index < -0.39 is 6.09 Å². The first-order valence-corrected chi connectivity index (χ1v) is 13.6. The zero-order valence-corrected chi connectivity index (χ0v) is 23.3. The van der Waals surface area contributed by atoms with Gasteiger partial charge in [0.25, 0.3) is 11.7 Å². The van der Waals surface area contributed by atoms with Gasteiger partial charge in [-0.3, -0.25) is 9.78 Å². The molecule has 9 heteroatoms. The summed E-state index contributed by atoms with van der Waals surface area (Å²) >= 11 is 0.